The van der Waals surface area contributed by atoms with E-state index in [2.05, 4.69) is 110 Å². The normalized spacial score (nSPS) is 14.4. The van der Waals surface area contributed by atoms with Gasteiger partial charge in [-0.2, -0.15) is 0 Å². The minimum absolute atomic E-state index is 0.249. The van der Waals surface area contributed by atoms with Gasteiger partial charge in [0.25, 0.3) is 0 Å². The molecule has 0 unspecified atom stereocenters. The summed E-state index contributed by atoms with van der Waals surface area (Å²) in [6.45, 7) is 2.23. The molecular formula is C30H28S. The van der Waals surface area contributed by atoms with E-state index in [1.54, 1.807) is 0 Å². The summed E-state index contributed by atoms with van der Waals surface area (Å²) in [5.41, 5.74) is 9.94. The number of hydrogen-bond donors (Lipinski definition) is 0. The zero-order valence-corrected chi connectivity index (χ0v) is 19.1. The van der Waals surface area contributed by atoms with Gasteiger partial charge in [-0.3, -0.25) is 0 Å². The summed E-state index contributed by atoms with van der Waals surface area (Å²) < 4.78 is 0. The van der Waals surface area contributed by atoms with E-state index in [1.807, 2.05) is 11.8 Å². The summed E-state index contributed by atoms with van der Waals surface area (Å²) in [7, 11) is 0. The molecule has 1 fully saturated rings. The zero-order chi connectivity index (χ0) is 21.3. The Kier molecular flexibility index (Phi) is 5.46. The molecule has 0 bridgehead atoms. The molecule has 1 heteroatoms. The van der Waals surface area contributed by atoms with Gasteiger partial charge in [-0.05, 0) is 83.5 Å². The molecule has 0 saturated heterocycles. The van der Waals surface area contributed by atoms with Crippen molar-refractivity contribution in [2.45, 2.75) is 36.5 Å². The molecule has 1 aliphatic rings. The lowest BCUT2D eigenvalue weighted by Crippen LogP contribution is -2.13. The molecule has 0 N–H and O–H groups in total. The second kappa shape index (κ2) is 8.40. The van der Waals surface area contributed by atoms with Crippen molar-refractivity contribution in [3.63, 3.8) is 0 Å². The molecule has 0 spiro atoms. The number of rotatable bonds is 6. The van der Waals surface area contributed by atoms with Crippen LogP contribution in [0, 0.1) is 6.92 Å². The SMILES string of the molecule is CSc1ccc(-c2ccccc2C)c(C2(Cc3cccc(-c4ccccc4)c3)CC2)c1. The van der Waals surface area contributed by atoms with E-state index < -0.39 is 0 Å². The van der Waals surface area contributed by atoms with Crippen molar-refractivity contribution in [3.05, 3.63) is 114 Å². The first-order valence-corrected chi connectivity index (χ1v) is 12.3. The molecule has 0 atom stereocenters. The average molecular weight is 421 g/mol. The second-order valence-electron chi connectivity index (χ2n) is 8.75. The van der Waals surface area contributed by atoms with Crippen molar-refractivity contribution < 1.29 is 0 Å². The highest BCUT2D eigenvalue weighted by atomic mass is 32.2. The third-order valence-electron chi connectivity index (χ3n) is 6.66. The lowest BCUT2D eigenvalue weighted by Gasteiger charge is -2.22. The first kappa shape index (κ1) is 20.2. The topological polar surface area (TPSA) is 0 Å². The van der Waals surface area contributed by atoms with Gasteiger partial charge in [0, 0.05) is 10.3 Å². The van der Waals surface area contributed by atoms with Gasteiger partial charge in [0.1, 0.15) is 0 Å². The molecule has 4 aromatic carbocycles. The number of hydrogen-bond acceptors (Lipinski definition) is 1. The van der Waals surface area contributed by atoms with Crippen LogP contribution in [0.5, 0.6) is 0 Å². The smallest absolute Gasteiger partial charge is 0.00725 e. The molecule has 0 aliphatic heterocycles. The second-order valence-corrected chi connectivity index (χ2v) is 9.63. The molecule has 154 valence electrons. The van der Waals surface area contributed by atoms with Crippen molar-refractivity contribution in [1.29, 1.82) is 0 Å². The lowest BCUT2D eigenvalue weighted by atomic mass is 9.82. The summed E-state index contributed by atoms with van der Waals surface area (Å²) in [6, 6.07) is 35.7. The Morgan fingerprint density at radius 2 is 1.45 bits per heavy atom. The molecule has 0 amide bonds. The van der Waals surface area contributed by atoms with Gasteiger partial charge < -0.3 is 0 Å². The van der Waals surface area contributed by atoms with Gasteiger partial charge >= 0.3 is 0 Å². The molecule has 0 nitrogen and oxygen atoms in total. The van der Waals surface area contributed by atoms with Gasteiger partial charge in [-0.15, -0.1) is 11.8 Å². The van der Waals surface area contributed by atoms with Crippen LogP contribution in [0.1, 0.15) is 29.5 Å². The van der Waals surface area contributed by atoms with E-state index in [0.717, 1.165) is 6.42 Å². The van der Waals surface area contributed by atoms with Crippen LogP contribution in [0.2, 0.25) is 0 Å². The highest BCUT2D eigenvalue weighted by molar-refractivity contribution is 7.98. The van der Waals surface area contributed by atoms with Crippen molar-refractivity contribution >= 4 is 11.8 Å². The predicted molar refractivity (Wildman–Crippen MR) is 135 cm³/mol. The fraction of sp³-hybridized carbons (Fsp3) is 0.200. The molecule has 1 saturated carbocycles. The maximum absolute atomic E-state index is 2.46. The van der Waals surface area contributed by atoms with Gasteiger partial charge in [-0.1, -0.05) is 84.9 Å². The van der Waals surface area contributed by atoms with E-state index in [4.69, 9.17) is 0 Å². The van der Waals surface area contributed by atoms with Crippen LogP contribution in [0.3, 0.4) is 0 Å². The van der Waals surface area contributed by atoms with Crippen molar-refractivity contribution in [3.8, 4) is 22.3 Å². The fourth-order valence-electron chi connectivity index (χ4n) is 4.77. The molecule has 0 heterocycles. The monoisotopic (exact) mass is 420 g/mol. The van der Waals surface area contributed by atoms with E-state index in [-0.39, 0.29) is 5.41 Å². The van der Waals surface area contributed by atoms with E-state index >= 15 is 0 Å². The third-order valence-corrected chi connectivity index (χ3v) is 7.39. The number of benzene rings is 4. The maximum Gasteiger partial charge on any atom is 0.00725 e. The average Bonchev–Trinajstić information content (AvgIpc) is 3.60. The Labute approximate surface area is 190 Å². The highest BCUT2D eigenvalue weighted by Gasteiger charge is 2.45. The predicted octanol–water partition coefficient (Wildman–Crippen LogP) is 8.33. The Balaban J connectivity index is 1.54. The summed E-state index contributed by atoms with van der Waals surface area (Å²) >= 11 is 1.84. The van der Waals surface area contributed by atoms with Crippen LogP contribution in [-0.4, -0.2) is 6.26 Å². The van der Waals surface area contributed by atoms with Crippen LogP contribution in [0.4, 0.5) is 0 Å². The lowest BCUT2D eigenvalue weighted by molar-refractivity contribution is 0.687. The third kappa shape index (κ3) is 4.07. The van der Waals surface area contributed by atoms with Crippen molar-refractivity contribution in [2.75, 3.05) is 6.26 Å². The van der Waals surface area contributed by atoms with Crippen LogP contribution < -0.4 is 0 Å². The van der Waals surface area contributed by atoms with Crippen molar-refractivity contribution in [1.82, 2.24) is 0 Å². The van der Waals surface area contributed by atoms with Crippen LogP contribution in [-0.2, 0) is 11.8 Å². The Morgan fingerprint density at radius 1 is 0.710 bits per heavy atom. The molecule has 4 aromatic rings. The minimum Gasteiger partial charge on any atom is -0.130 e. The molecular weight excluding hydrogens is 392 g/mol. The Hall–Kier alpha value is -2.77. The molecule has 0 aromatic heterocycles. The summed E-state index contributed by atoms with van der Waals surface area (Å²) in [4.78, 5) is 1.36. The van der Waals surface area contributed by atoms with E-state index in [1.165, 1.54) is 56.7 Å². The molecule has 0 radical (unpaired) electrons. The number of aryl methyl sites for hydroxylation is 1. The Morgan fingerprint density at radius 3 is 2.19 bits per heavy atom. The van der Waals surface area contributed by atoms with Crippen LogP contribution in [0.25, 0.3) is 22.3 Å². The molecule has 31 heavy (non-hydrogen) atoms. The van der Waals surface area contributed by atoms with Gasteiger partial charge in [-0.25, -0.2) is 0 Å². The minimum atomic E-state index is 0.249. The first-order valence-electron chi connectivity index (χ1n) is 11.1. The summed E-state index contributed by atoms with van der Waals surface area (Å²) in [5.74, 6) is 0. The van der Waals surface area contributed by atoms with Gasteiger partial charge in [0.15, 0.2) is 0 Å². The Bertz CT molecular complexity index is 1200. The fourth-order valence-corrected chi connectivity index (χ4v) is 5.21. The summed E-state index contributed by atoms with van der Waals surface area (Å²) in [6.07, 6.45) is 5.80. The summed E-state index contributed by atoms with van der Waals surface area (Å²) in [5, 5.41) is 0. The van der Waals surface area contributed by atoms with Crippen molar-refractivity contribution in [2.24, 2.45) is 0 Å². The van der Waals surface area contributed by atoms with Crippen LogP contribution in [0.15, 0.2) is 102 Å². The molecule has 1 aliphatic carbocycles. The molecule has 5 rings (SSSR count). The zero-order valence-electron chi connectivity index (χ0n) is 18.3. The quantitative estimate of drug-likeness (QED) is 0.283. The van der Waals surface area contributed by atoms with Crippen LogP contribution >= 0.6 is 11.8 Å². The number of thioether (sulfide) groups is 1. The van der Waals surface area contributed by atoms with Gasteiger partial charge in [0.2, 0.25) is 0 Å². The standard InChI is InChI=1S/C30H28S/c1-22-9-6-7-14-27(22)28-16-15-26(31-2)20-29(28)30(17-18-30)21-23-10-8-13-25(19-23)24-11-4-3-5-12-24/h3-16,19-20H,17-18,21H2,1-2H3. The largest absolute Gasteiger partial charge is 0.130 e. The van der Waals surface area contributed by atoms with Gasteiger partial charge in [0.05, 0.1) is 0 Å². The van der Waals surface area contributed by atoms with E-state index in [9.17, 15) is 0 Å². The highest BCUT2D eigenvalue weighted by Crippen LogP contribution is 2.54. The first-order chi connectivity index (χ1) is 15.2. The van der Waals surface area contributed by atoms with E-state index in [0.29, 0.717) is 0 Å². The maximum atomic E-state index is 2.46.